The van der Waals surface area contributed by atoms with Gasteiger partial charge in [0.15, 0.2) is 0 Å². The van der Waals surface area contributed by atoms with Gasteiger partial charge in [-0.25, -0.2) is 0 Å². The Morgan fingerprint density at radius 3 is 3.11 bits per heavy atom. The van der Waals surface area contributed by atoms with E-state index in [1.54, 1.807) is 11.3 Å². The fourth-order valence-electron chi connectivity index (χ4n) is 2.30. The van der Waals surface area contributed by atoms with Crippen molar-refractivity contribution in [3.8, 4) is 10.8 Å². The standard InChI is InChI=1S/C13H18N4OS/c1-13(2)9-14-5-6-17(13)8-11-15-16-12(18-11)10-4-3-7-19-10/h3-4,7,14H,5-6,8-9H2,1-2H3. The lowest BCUT2D eigenvalue weighted by atomic mass is 10.0. The maximum Gasteiger partial charge on any atom is 0.257 e. The molecule has 6 heteroatoms. The molecule has 0 atom stereocenters. The topological polar surface area (TPSA) is 54.2 Å². The molecule has 1 saturated heterocycles. The van der Waals surface area contributed by atoms with Crippen LogP contribution in [0.2, 0.25) is 0 Å². The molecule has 0 aliphatic carbocycles. The zero-order chi connectivity index (χ0) is 13.3. The Labute approximate surface area is 116 Å². The number of thiophene rings is 1. The van der Waals surface area contributed by atoms with Crippen molar-refractivity contribution < 1.29 is 4.42 Å². The normalized spacial score (nSPS) is 19.7. The molecule has 1 fully saturated rings. The Bertz CT molecular complexity index is 535. The van der Waals surface area contributed by atoms with Crippen molar-refractivity contribution in [3.05, 3.63) is 23.4 Å². The Morgan fingerprint density at radius 1 is 1.47 bits per heavy atom. The molecule has 0 aromatic carbocycles. The van der Waals surface area contributed by atoms with Crippen LogP contribution >= 0.6 is 11.3 Å². The third-order valence-corrected chi connectivity index (χ3v) is 4.35. The average molecular weight is 278 g/mol. The van der Waals surface area contributed by atoms with E-state index in [0.717, 1.165) is 24.5 Å². The summed E-state index contributed by atoms with van der Waals surface area (Å²) in [6, 6.07) is 3.99. The Hall–Kier alpha value is -1.24. The summed E-state index contributed by atoms with van der Waals surface area (Å²) in [7, 11) is 0. The van der Waals surface area contributed by atoms with Crippen molar-refractivity contribution in [1.29, 1.82) is 0 Å². The maximum absolute atomic E-state index is 5.75. The molecule has 0 spiro atoms. The third-order valence-electron chi connectivity index (χ3n) is 3.50. The second-order valence-electron chi connectivity index (χ2n) is 5.39. The van der Waals surface area contributed by atoms with Gasteiger partial charge in [0, 0.05) is 25.2 Å². The van der Waals surface area contributed by atoms with Gasteiger partial charge in [-0.1, -0.05) is 6.07 Å². The monoisotopic (exact) mass is 278 g/mol. The van der Waals surface area contributed by atoms with E-state index in [2.05, 4.69) is 34.3 Å². The Morgan fingerprint density at radius 2 is 2.37 bits per heavy atom. The highest BCUT2D eigenvalue weighted by Crippen LogP contribution is 2.24. The van der Waals surface area contributed by atoms with E-state index in [1.165, 1.54) is 0 Å². The summed E-state index contributed by atoms with van der Waals surface area (Å²) in [5.74, 6) is 1.32. The predicted octanol–water partition coefficient (Wildman–Crippen LogP) is 1.98. The minimum atomic E-state index is 0.121. The third kappa shape index (κ3) is 2.70. The zero-order valence-electron chi connectivity index (χ0n) is 11.2. The van der Waals surface area contributed by atoms with Crippen LogP contribution < -0.4 is 5.32 Å². The number of hydrogen-bond acceptors (Lipinski definition) is 6. The van der Waals surface area contributed by atoms with Crippen molar-refractivity contribution in [3.63, 3.8) is 0 Å². The van der Waals surface area contributed by atoms with Gasteiger partial charge >= 0.3 is 0 Å². The quantitative estimate of drug-likeness (QED) is 0.930. The molecule has 0 amide bonds. The Balaban J connectivity index is 1.73. The van der Waals surface area contributed by atoms with Crippen LogP contribution in [-0.2, 0) is 6.54 Å². The van der Waals surface area contributed by atoms with Crippen molar-refractivity contribution in [2.24, 2.45) is 0 Å². The molecule has 0 radical (unpaired) electrons. The van der Waals surface area contributed by atoms with Crippen molar-refractivity contribution in [1.82, 2.24) is 20.4 Å². The minimum Gasteiger partial charge on any atom is -0.419 e. The molecule has 2 aromatic heterocycles. The van der Waals surface area contributed by atoms with E-state index in [0.29, 0.717) is 18.3 Å². The van der Waals surface area contributed by atoms with Crippen LogP contribution in [0.25, 0.3) is 10.8 Å². The molecule has 19 heavy (non-hydrogen) atoms. The van der Waals surface area contributed by atoms with Gasteiger partial charge in [0.05, 0.1) is 11.4 Å². The summed E-state index contributed by atoms with van der Waals surface area (Å²) in [4.78, 5) is 3.41. The smallest absolute Gasteiger partial charge is 0.257 e. The van der Waals surface area contributed by atoms with Gasteiger partial charge in [0.25, 0.3) is 5.89 Å². The maximum atomic E-state index is 5.75. The van der Waals surface area contributed by atoms with Crippen LogP contribution in [-0.4, -0.2) is 40.3 Å². The fraction of sp³-hybridized carbons (Fsp3) is 0.538. The van der Waals surface area contributed by atoms with Gasteiger partial charge in [0.2, 0.25) is 5.89 Å². The molecule has 1 N–H and O–H groups in total. The minimum absolute atomic E-state index is 0.121. The molecular weight excluding hydrogens is 260 g/mol. The second-order valence-corrected chi connectivity index (χ2v) is 6.34. The Kier molecular flexibility index (Phi) is 3.38. The summed E-state index contributed by atoms with van der Waals surface area (Å²) in [6.45, 7) is 8.18. The summed E-state index contributed by atoms with van der Waals surface area (Å²) < 4.78 is 5.75. The lowest BCUT2D eigenvalue weighted by Gasteiger charge is -2.42. The number of nitrogens with one attached hydrogen (secondary N) is 1. The second kappa shape index (κ2) is 5.03. The molecule has 0 bridgehead atoms. The molecule has 0 unspecified atom stereocenters. The van der Waals surface area contributed by atoms with Gasteiger partial charge in [0.1, 0.15) is 0 Å². The lowest BCUT2D eigenvalue weighted by Crippen LogP contribution is -2.57. The van der Waals surface area contributed by atoms with Crippen LogP contribution in [0.5, 0.6) is 0 Å². The molecular formula is C13H18N4OS. The zero-order valence-corrected chi connectivity index (χ0v) is 12.0. The number of nitrogens with zero attached hydrogens (tertiary/aromatic N) is 3. The highest BCUT2D eigenvalue weighted by molar-refractivity contribution is 7.13. The number of piperazine rings is 1. The molecule has 1 aliphatic heterocycles. The molecule has 3 rings (SSSR count). The molecule has 1 aliphatic rings. The molecule has 3 heterocycles. The highest BCUT2D eigenvalue weighted by Gasteiger charge is 2.30. The van der Waals surface area contributed by atoms with Gasteiger partial charge < -0.3 is 9.73 Å². The van der Waals surface area contributed by atoms with Crippen LogP contribution in [0.4, 0.5) is 0 Å². The van der Waals surface area contributed by atoms with Crippen molar-refractivity contribution in [2.45, 2.75) is 25.9 Å². The van der Waals surface area contributed by atoms with Crippen LogP contribution in [0.15, 0.2) is 21.9 Å². The van der Waals surface area contributed by atoms with Crippen molar-refractivity contribution >= 4 is 11.3 Å². The first kappa shape index (κ1) is 12.8. The van der Waals surface area contributed by atoms with Crippen LogP contribution in [0.1, 0.15) is 19.7 Å². The van der Waals surface area contributed by atoms with Gasteiger partial charge in [-0.3, -0.25) is 4.90 Å². The summed E-state index contributed by atoms with van der Waals surface area (Å²) in [5, 5.41) is 13.7. The first-order valence-corrected chi connectivity index (χ1v) is 7.35. The van der Waals surface area contributed by atoms with Gasteiger partial charge in [-0.15, -0.1) is 21.5 Å². The number of aromatic nitrogens is 2. The lowest BCUT2D eigenvalue weighted by molar-refractivity contribution is 0.0737. The van der Waals surface area contributed by atoms with Gasteiger partial charge in [-0.2, -0.15) is 0 Å². The average Bonchev–Trinajstić information content (AvgIpc) is 3.02. The van der Waals surface area contributed by atoms with E-state index in [9.17, 15) is 0 Å². The summed E-state index contributed by atoms with van der Waals surface area (Å²) in [6.07, 6.45) is 0. The predicted molar refractivity (Wildman–Crippen MR) is 75.0 cm³/mol. The van der Waals surface area contributed by atoms with E-state index >= 15 is 0 Å². The van der Waals surface area contributed by atoms with Gasteiger partial charge in [-0.05, 0) is 25.3 Å². The highest BCUT2D eigenvalue weighted by atomic mass is 32.1. The largest absolute Gasteiger partial charge is 0.419 e. The molecule has 5 nitrogen and oxygen atoms in total. The SMILES string of the molecule is CC1(C)CNCCN1Cc1nnc(-c2cccs2)o1. The number of hydrogen-bond donors (Lipinski definition) is 1. The van der Waals surface area contributed by atoms with Crippen LogP contribution in [0, 0.1) is 0 Å². The molecule has 2 aromatic rings. The van der Waals surface area contributed by atoms with E-state index in [1.807, 2.05) is 17.5 Å². The van der Waals surface area contributed by atoms with E-state index in [4.69, 9.17) is 4.42 Å². The van der Waals surface area contributed by atoms with E-state index < -0.39 is 0 Å². The van der Waals surface area contributed by atoms with Crippen LogP contribution in [0.3, 0.4) is 0 Å². The fourth-order valence-corrected chi connectivity index (χ4v) is 2.94. The molecule has 0 saturated carbocycles. The molecule has 102 valence electrons. The first-order valence-electron chi connectivity index (χ1n) is 6.47. The van der Waals surface area contributed by atoms with Crippen molar-refractivity contribution in [2.75, 3.05) is 19.6 Å². The first-order chi connectivity index (χ1) is 9.15. The number of rotatable bonds is 3. The summed E-state index contributed by atoms with van der Waals surface area (Å²) >= 11 is 1.62. The summed E-state index contributed by atoms with van der Waals surface area (Å²) in [5.41, 5.74) is 0.121. The van der Waals surface area contributed by atoms with E-state index in [-0.39, 0.29) is 5.54 Å².